The van der Waals surface area contributed by atoms with Gasteiger partial charge >= 0.3 is 18.2 Å². The Bertz CT molecular complexity index is 896. The number of nitro groups is 1. The monoisotopic (exact) mass is 488 g/mol. The Morgan fingerprint density at radius 2 is 1.53 bits per heavy atom. The number of imide groups is 1. The summed E-state index contributed by atoms with van der Waals surface area (Å²) in [5.41, 5.74) is -2.49. The van der Waals surface area contributed by atoms with E-state index in [0.717, 1.165) is 12.1 Å². The first kappa shape index (κ1) is 28.7. The molecule has 0 aliphatic rings. The second-order valence-electron chi connectivity index (χ2n) is 9.62. The van der Waals surface area contributed by atoms with E-state index < -0.39 is 70.8 Å². The largest absolute Gasteiger partial charge is 0.480 e. The van der Waals surface area contributed by atoms with E-state index in [1.807, 2.05) is 0 Å². The minimum atomic E-state index is -1.85. The summed E-state index contributed by atoms with van der Waals surface area (Å²) in [4.78, 5) is 48.2. The normalized spacial score (nSPS) is 13.5. The molecular formula is C22H30F2N2O8. The van der Waals surface area contributed by atoms with Gasteiger partial charge in [0.2, 0.25) is 6.54 Å². The molecule has 1 aromatic rings. The van der Waals surface area contributed by atoms with E-state index in [2.05, 4.69) is 0 Å². The van der Waals surface area contributed by atoms with Gasteiger partial charge in [0.25, 0.3) is 0 Å². The third kappa shape index (κ3) is 8.91. The Labute approximate surface area is 196 Å². The summed E-state index contributed by atoms with van der Waals surface area (Å²) in [5, 5.41) is 20.9. The zero-order chi connectivity index (χ0) is 26.4. The van der Waals surface area contributed by atoms with E-state index in [-0.39, 0.29) is 16.9 Å². The number of carbonyl (C=O) groups excluding carboxylic acids is 2. The quantitative estimate of drug-likeness (QED) is 0.410. The first-order valence-electron chi connectivity index (χ1n) is 10.5. The molecule has 1 N–H and O–H groups in total. The zero-order valence-electron chi connectivity index (χ0n) is 20.0. The summed E-state index contributed by atoms with van der Waals surface area (Å²) in [6.07, 6.45) is -3.46. The maximum atomic E-state index is 14.3. The molecule has 0 aliphatic carbocycles. The topological polar surface area (TPSA) is 136 Å². The van der Waals surface area contributed by atoms with Gasteiger partial charge in [-0.3, -0.25) is 10.1 Å². The maximum absolute atomic E-state index is 14.3. The molecule has 2 amide bonds. The van der Waals surface area contributed by atoms with Crippen LogP contribution in [0.1, 0.15) is 65.9 Å². The van der Waals surface area contributed by atoms with E-state index in [9.17, 15) is 38.4 Å². The number of hydrogen-bond acceptors (Lipinski definition) is 7. The number of nitrogens with zero attached hydrogens (tertiary/aromatic N) is 2. The molecule has 0 heterocycles. The van der Waals surface area contributed by atoms with Crippen LogP contribution in [0.4, 0.5) is 18.4 Å². The van der Waals surface area contributed by atoms with Crippen LogP contribution in [0.25, 0.3) is 0 Å². The summed E-state index contributed by atoms with van der Waals surface area (Å²) in [6.45, 7) is 8.22. The Kier molecular flexibility index (Phi) is 9.47. The van der Waals surface area contributed by atoms with Crippen LogP contribution in [0.5, 0.6) is 0 Å². The fraction of sp³-hybridized carbons (Fsp3) is 0.591. The van der Waals surface area contributed by atoms with Crippen molar-refractivity contribution in [2.75, 3.05) is 6.54 Å². The molecule has 10 nitrogen and oxygen atoms in total. The fourth-order valence-electron chi connectivity index (χ4n) is 3.03. The number of ether oxygens (including phenoxy) is 2. The van der Waals surface area contributed by atoms with E-state index in [4.69, 9.17) is 9.47 Å². The minimum absolute atomic E-state index is 0.282. The number of halogens is 2. The van der Waals surface area contributed by atoms with Crippen molar-refractivity contribution in [2.45, 2.75) is 77.5 Å². The van der Waals surface area contributed by atoms with Crippen molar-refractivity contribution in [3.8, 4) is 0 Å². The number of carbonyl (C=O) groups is 3. The van der Waals surface area contributed by atoms with E-state index in [0.29, 0.717) is 0 Å². The summed E-state index contributed by atoms with van der Waals surface area (Å²) in [6, 6.07) is 1.32. The van der Waals surface area contributed by atoms with E-state index in [1.165, 1.54) is 47.6 Å². The molecule has 0 spiro atoms. The van der Waals surface area contributed by atoms with Crippen LogP contribution in [-0.4, -0.2) is 56.9 Å². The molecule has 34 heavy (non-hydrogen) atoms. The van der Waals surface area contributed by atoms with Gasteiger partial charge in [0.1, 0.15) is 17.2 Å². The van der Waals surface area contributed by atoms with Crippen LogP contribution in [-0.2, 0) is 14.3 Å². The molecule has 0 aromatic heterocycles. The van der Waals surface area contributed by atoms with Gasteiger partial charge in [0.05, 0.1) is 5.92 Å². The number of amides is 2. The van der Waals surface area contributed by atoms with Gasteiger partial charge in [-0.05, 0) is 60.5 Å². The summed E-state index contributed by atoms with van der Waals surface area (Å²) >= 11 is 0. The van der Waals surface area contributed by atoms with Gasteiger partial charge in [-0.2, -0.15) is 4.90 Å². The Hall–Kier alpha value is -3.31. The van der Waals surface area contributed by atoms with Crippen molar-refractivity contribution in [1.82, 2.24) is 4.90 Å². The first-order chi connectivity index (χ1) is 15.4. The predicted molar refractivity (Wildman–Crippen MR) is 116 cm³/mol. The molecule has 0 radical (unpaired) electrons. The lowest BCUT2D eigenvalue weighted by Crippen LogP contribution is -2.52. The molecule has 12 heteroatoms. The maximum Gasteiger partial charge on any atom is 0.420 e. The SMILES string of the molecule is CC(C)(C)OC(=O)N(C(=O)OC(C)(C)C)[C@H](CC[C@H](C[N+](=O)[O-])c1cccc(F)c1F)C(=O)O. The average Bonchev–Trinajstić information content (AvgIpc) is 2.62. The Balaban J connectivity index is 3.34. The predicted octanol–water partition coefficient (Wildman–Crippen LogP) is 4.73. The number of aliphatic carboxylic acids is 1. The van der Waals surface area contributed by atoms with Crippen molar-refractivity contribution in [3.63, 3.8) is 0 Å². The smallest absolute Gasteiger partial charge is 0.420 e. The third-order valence-electron chi connectivity index (χ3n) is 4.36. The van der Waals surface area contributed by atoms with Gasteiger partial charge < -0.3 is 14.6 Å². The van der Waals surface area contributed by atoms with Crippen molar-refractivity contribution in [1.29, 1.82) is 0 Å². The summed E-state index contributed by atoms with van der Waals surface area (Å²) in [5.74, 6) is -5.36. The molecular weight excluding hydrogens is 458 g/mol. The van der Waals surface area contributed by atoms with Gasteiger partial charge in [-0.15, -0.1) is 0 Å². The van der Waals surface area contributed by atoms with Crippen LogP contribution in [0, 0.1) is 21.7 Å². The lowest BCUT2D eigenvalue weighted by molar-refractivity contribution is -0.483. The molecule has 1 rings (SSSR count). The van der Waals surface area contributed by atoms with Crippen molar-refractivity contribution >= 4 is 18.2 Å². The lowest BCUT2D eigenvalue weighted by Gasteiger charge is -2.32. The highest BCUT2D eigenvalue weighted by Gasteiger charge is 2.41. The Morgan fingerprint density at radius 3 is 1.94 bits per heavy atom. The lowest BCUT2D eigenvalue weighted by atomic mass is 9.91. The number of benzene rings is 1. The molecule has 190 valence electrons. The number of rotatable bonds is 8. The van der Waals surface area contributed by atoms with Gasteiger partial charge in [0.15, 0.2) is 11.6 Å². The molecule has 0 saturated heterocycles. The van der Waals surface area contributed by atoms with E-state index >= 15 is 0 Å². The third-order valence-corrected chi connectivity index (χ3v) is 4.36. The van der Waals surface area contributed by atoms with Crippen LogP contribution in [0.3, 0.4) is 0 Å². The molecule has 0 bridgehead atoms. The average molecular weight is 488 g/mol. The van der Waals surface area contributed by atoms with Gasteiger partial charge in [-0.25, -0.2) is 23.2 Å². The standard InChI is InChI=1S/C22H30F2N2O8/c1-21(2,3)33-19(29)26(20(30)34-22(4,5)6)16(18(27)28)11-10-13(12-25(31)32)14-8-7-9-15(23)17(14)24/h7-9,13,16H,10-12H2,1-6H3,(H,27,28)/t13-,16-/m1/s1. The molecule has 1 aromatic carbocycles. The number of hydrogen-bond donors (Lipinski definition) is 1. The second kappa shape index (κ2) is 11.2. The fourth-order valence-corrected chi connectivity index (χ4v) is 3.03. The summed E-state index contributed by atoms with van der Waals surface area (Å²) < 4.78 is 38.3. The summed E-state index contributed by atoms with van der Waals surface area (Å²) in [7, 11) is 0. The van der Waals surface area contributed by atoms with Crippen molar-refractivity contribution in [2.24, 2.45) is 0 Å². The van der Waals surface area contributed by atoms with Crippen LogP contribution < -0.4 is 0 Å². The molecule has 2 atom stereocenters. The highest BCUT2D eigenvalue weighted by molar-refractivity contribution is 5.93. The highest BCUT2D eigenvalue weighted by atomic mass is 19.2. The molecule has 0 saturated carbocycles. The van der Waals surface area contributed by atoms with Crippen LogP contribution in [0.2, 0.25) is 0 Å². The van der Waals surface area contributed by atoms with Crippen molar-refractivity contribution < 1.29 is 42.7 Å². The minimum Gasteiger partial charge on any atom is -0.480 e. The second-order valence-corrected chi connectivity index (χ2v) is 9.62. The molecule has 0 fully saturated rings. The van der Waals surface area contributed by atoms with Crippen LogP contribution >= 0.6 is 0 Å². The van der Waals surface area contributed by atoms with Crippen LogP contribution in [0.15, 0.2) is 18.2 Å². The zero-order valence-corrected chi connectivity index (χ0v) is 20.0. The highest BCUT2D eigenvalue weighted by Crippen LogP contribution is 2.28. The van der Waals surface area contributed by atoms with E-state index in [1.54, 1.807) is 0 Å². The molecule has 0 unspecified atom stereocenters. The van der Waals surface area contributed by atoms with Gasteiger partial charge in [0, 0.05) is 10.5 Å². The number of carboxylic acid groups (broad SMARTS) is 1. The van der Waals surface area contributed by atoms with Gasteiger partial charge in [-0.1, -0.05) is 12.1 Å². The number of carboxylic acids is 1. The molecule has 0 aliphatic heterocycles. The van der Waals surface area contributed by atoms with Crippen molar-refractivity contribution in [3.05, 3.63) is 45.5 Å². The Morgan fingerprint density at radius 1 is 1.03 bits per heavy atom. The first-order valence-corrected chi connectivity index (χ1v) is 10.5.